The van der Waals surface area contributed by atoms with E-state index in [4.69, 9.17) is 9.47 Å². The summed E-state index contributed by atoms with van der Waals surface area (Å²) in [6, 6.07) is 0. The number of esters is 2. The minimum absolute atomic E-state index is 0. The van der Waals surface area contributed by atoms with Gasteiger partial charge in [0.05, 0.1) is 6.10 Å². The lowest BCUT2D eigenvalue weighted by atomic mass is 9.45. The molecule has 184 valence electrons. The predicted molar refractivity (Wildman–Crippen MR) is 121 cm³/mol. The summed E-state index contributed by atoms with van der Waals surface area (Å²) in [5.74, 6) is -0.999. The van der Waals surface area contributed by atoms with Crippen molar-refractivity contribution >= 4 is 23.5 Å². The fraction of sp³-hybridized carbons (Fsp3) is 0.769. The molecule has 0 aliphatic heterocycles. The molecule has 0 radical (unpaired) electrons. The zero-order valence-electron chi connectivity index (χ0n) is 20.1. The van der Waals surface area contributed by atoms with E-state index in [0.717, 1.165) is 24.8 Å². The number of rotatable bonds is 5. The van der Waals surface area contributed by atoms with Gasteiger partial charge in [0.15, 0.2) is 18.0 Å². The Hall–Kier alpha value is -2.02. The second-order valence-electron chi connectivity index (χ2n) is 11.0. The van der Waals surface area contributed by atoms with E-state index in [2.05, 4.69) is 6.92 Å². The molecule has 4 rings (SSSR count). The largest absolute Gasteiger partial charge is 0.458 e. The smallest absolute Gasteiger partial charge is 0.306 e. The van der Waals surface area contributed by atoms with E-state index in [1.54, 1.807) is 13.0 Å². The Morgan fingerprint density at radius 2 is 1.91 bits per heavy atom. The van der Waals surface area contributed by atoms with Gasteiger partial charge in [0, 0.05) is 26.6 Å². The van der Waals surface area contributed by atoms with Gasteiger partial charge in [-0.15, -0.1) is 0 Å². The number of ketones is 2. The molecule has 0 aromatic heterocycles. The van der Waals surface area contributed by atoms with Crippen LogP contribution >= 0.6 is 0 Å². The molecule has 0 heterocycles. The first kappa shape index (κ1) is 24.1. The van der Waals surface area contributed by atoms with Crippen molar-refractivity contribution in [3.8, 4) is 0 Å². The second kappa shape index (κ2) is 8.33. The van der Waals surface area contributed by atoms with Gasteiger partial charge >= 0.3 is 11.9 Å². The Kier molecular flexibility index (Phi) is 6.09. The molecule has 33 heavy (non-hydrogen) atoms. The first-order chi connectivity index (χ1) is 15.5. The van der Waals surface area contributed by atoms with E-state index >= 15 is 0 Å². The SMILES string of the molecule is CCC(=O)O[C@]1(C(=O)COC(C)=O)CC[C@H]2[C@@H]3CCC4=CC(=O)CC[C@]4(C)[C@H]3[C@@H](O)C[C@@]21C.[HH]. The van der Waals surface area contributed by atoms with E-state index in [1.165, 1.54) is 6.92 Å². The third kappa shape index (κ3) is 3.58. The Labute approximate surface area is 196 Å². The van der Waals surface area contributed by atoms with Crippen molar-refractivity contribution in [3.05, 3.63) is 11.6 Å². The summed E-state index contributed by atoms with van der Waals surface area (Å²) in [6.07, 6.45) is 5.55. The van der Waals surface area contributed by atoms with Crippen LogP contribution in [0.5, 0.6) is 0 Å². The van der Waals surface area contributed by atoms with Crippen LogP contribution in [0.4, 0.5) is 0 Å². The summed E-state index contributed by atoms with van der Waals surface area (Å²) in [5.41, 5.74) is -1.25. The number of carbonyl (C=O) groups is 4. The summed E-state index contributed by atoms with van der Waals surface area (Å²) in [6.45, 7) is 6.64. The zero-order valence-corrected chi connectivity index (χ0v) is 20.1. The molecule has 0 aromatic carbocycles. The molecule has 4 aliphatic carbocycles. The molecular formula is C26H38O7. The minimum Gasteiger partial charge on any atom is -0.458 e. The van der Waals surface area contributed by atoms with Crippen molar-refractivity contribution in [2.45, 2.75) is 90.8 Å². The maximum absolute atomic E-state index is 13.5. The van der Waals surface area contributed by atoms with Crippen molar-refractivity contribution in [3.63, 3.8) is 0 Å². The number of aliphatic hydroxyl groups excluding tert-OH is 1. The molecule has 0 aromatic rings. The standard InChI is InChI=1S/C26H36O7.H2/c1-5-22(31)33-26(21(30)14-32-15(2)27)11-9-19-18-7-6-16-12-17(28)8-10-24(16,3)23(18)20(29)13-25(19,26)4;/h12,18-20,23,29H,5-11,13-14H2,1-4H3;1H/t18-,19-,20-,23+,24-,25-,26-;/m0./s1. The van der Waals surface area contributed by atoms with Crippen LogP contribution in [0, 0.1) is 28.6 Å². The Morgan fingerprint density at radius 1 is 1.18 bits per heavy atom. The van der Waals surface area contributed by atoms with Gasteiger partial charge in [-0.2, -0.15) is 0 Å². The van der Waals surface area contributed by atoms with Crippen molar-refractivity contribution in [2.75, 3.05) is 6.61 Å². The molecule has 7 nitrogen and oxygen atoms in total. The highest BCUT2D eigenvalue weighted by Crippen LogP contribution is 2.68. The number of aliphatic hydroxyl groups is 1. The zero-order chi connectivity index (χ0) is 24.2. The lowest BCUT2D eigenvalue weighted by Gasteiger charge is -2.60. The van der Waals surface area contributed by atoms with Crippen LogP contribution in [0.15, 0.2) is 11.6 Å². The normalized spacial score (nSPS) is 41.8. The molecule has 0 unspecified atom stereocenters. The average Bonchev–Trinajstić information content (AvgIpc) is 3.04. The van der Waals surface area contributed by atoms with Crippen molar-refractivity contribution in [1.82, 2.24) is 0 Å². The molecule has 7 atom stereocenters. The highest BCUT2D eigenvalue weighted by Gasteiger charge is 2.70. The summed E-state index contributed by atoms with van der Waals surface area (Å²) < 4.78 is 11.0. The molecular weight excluding hydrogens is 424 g/mol. The van der Waals surface area contributed by atoms with Crippen LogP contribution in [-0.2, 0) is 28.7 Å². The minimum atomic E-state index is -1.41. The van der Waals surface area contributed by atoms with E-state index in [1.807, 2.05) is 6.92 Å². The third-order valence-corrected chi connectivity index (χ3v) is 9.45. The van der Waals surface area contributed by atoms with E-state index in [0.29, 0.717) is 25.7 Å². The van der Waals surface area contributed by atoms with Gasteiger partial charge in [-0.25, -0.2) is 0 Å². The molecule has 0 spiro atoms. The Bertz CT molecular complexity index is 913. The molecule has 7 heteroatoms. The number of Topliss-reactive ketones (excluding diaryl/α,β-unsaturated/α-hetero) is 1. The first-order valence-electron chi connectivity index (χ1n) is 12.3. The predicted octanol–water partition coefficient (Wildman–Crippen LogP) is 3.56. The number of fused-ring (bicyclic) bond motifs is 5. The van der Waals surface area contributed by atoms with Crippen molar-refractivity contribution in [2.24, 2.45) is 28.6 Å². The number of carbonyl (C=O) groups excluding carboxylic acids is 4. The van der Waals surface area contributed by atoms with Gasteiger partial charge in [0.1, 0.15) is 0 Å². The lowest BCUT2D eigenvalue weighted by Crippen LogP contribution is -2.63. The lowest BCUT2D eigenvalue weighted by molar-refractivity contribution is -0.202. The fourth-order valence-corrected chi connectivity index (χ4v) is 7.91. The van der Waals surface area contributed by atoms with Crippen molar-refractivity contribution in [1.29, 1.82) is 0 Å². The second-order valence-corrected chi connectivity index (χ2v) is 11.0. The van der Waals surface area contributed by atoms with Gasteiger partial charge in [-0.05, 0) is 67.8 Å². The molecule has 0 saturated heterocycles. The van der Waals surface area contributed by atoms with Crippen LogP contribution in [0.2, 0.25) is 0 Å². The quantitative estimate of drug-likeness (QED) is 0.623. The van der Waals surface area contributed by atoms with Crippen LogP contribution in [0.1, 0.15) is 80.5 Å². The highest BCUT2D eigenvalue weighted by molar-refractivity contribution is 5.93. The number of ether oxygens (including phenoxy) is 2. The van der Waals surface area contributed by atoms with E-state index < -0.39 is 41.4 Å². The molecule has 4 aliphatic rings. The van der Waals surface area contributed by atoms with Crippen LogP contribution in [-0.4, -0.2) is 46.9 Å². The monoisotopic (exact) mass is 462 g/mol. The Morgan fingerprint density at radius 3 is 2.58 bits per heavy atom. The Balaban J connectivity index is 0.00000324. The summed E-state index contributed by atoms with van der Waals surface area (Å²) >= 11 is 0. The molecule has 0 bridgehead atoms. The maximum atomic E-state index is 13.5. The van der Waals surface area contributed by atoms with E-state index in [9.17, 15) is 24.3 Å². The number of hydrogen-bond acceptors (Lipinski definition) is 7. The van der Waals surface area contributed by atoms with Gasteiger partial charge in [0.2, 0.25) is 5.78 Å². The molecule has 1 N–H and O–H groups in total. The van der Waals surface area contributed by atoms with Crippen LogP contribution in [0.25, 0.3) is 0 Å². The average molecular weight is 463 g/mol. The third-order valence-electron chi connectivity index (χ3n) is 9.45. The van der Waals surface area contributed by atoms with Gasteiger partial charge in [-0.3, -0.25) is 19.2 Å². The fourth-order valence-electron chi connectivity index (χ4n) is 7.91. The van der Waals surface area contributed by atoms with Gasteiger partial charge in [-0.1, -0.05) is 26.3 Å². The maximum Gasteiger partial charge on any atom is 0.306 e. The highest BCUT2D eigenvalue weighted by atomic mass is 16.6. The molecule has 3 saturated carbocycles. The molecule has 0 amide bonds. The van der Waals surface area contributed by atoms with Crippen molar-refractivity contribution < 1.29 is 35.2 Å². The summed E-state index contributed by atoms with van der Waals surface area (Å²) in [4.78, 5) is 49.4. The summed E-state index contributed by atoms with van der Waals surface area (Å²) in [5, 5.41) is 11.6. The van der Waals surface area contributed by atoms with Gasteiger partial charge in [0.25, 0.3) is 0 Å². The summed E-state index contributed by atoms with van der Waals surface area (Å²) in [7, 11) is 0. The number of hydrogen-bond donors (Lipinski definition) is 1. The van der Waals surface area contributed by atoms with Crippen LogP contribution in [0.3, 0.4) is 0 Å². The van der Waals surface area contributed by atoms with Gasteiger partial charge < -0.3 is 14.6 Å². The topological polar surface area (TPSA) is 107 Å². The van der Waals surface area contributed by atoms with Crippen LogP contribution < -0.4 is 0 Å². The number of allylic oxidation sites excluding steroid dienone is 1. The van der Waals surface area contributed by atoms with E-state index in [-0.39, 0.29) is 36.8 Å². The molecule has 3 fully saturated rings. The first-order valence-corrected chi connectivity index (χ1v) is 12.3.